The maximum absolute atomic E-state index is 12.9. The summed E-state index contributed by atoms with van der Waals surface area (Å²) in [4.78, 5) is 11.1. The van der Waals surface area contributed by atoms with Gasteiger partial charge in [-0.2, -0.15) is 9.41 Å². The molecule has 10 heteroatoms. The Morgan fingerprint density at radius 1 is 1.06 bits per heavy atom. The number of hydrogen-bond acceptors (Lipinski definition) is 7. The Morgan fingerprint density at radius 3 is 2.50 bits per heavy atom. The average molecular weight is 465 g/mol. The molecule has 2 saturated carbocycles. The Bertz CT molecular complexity index is 953. The number of benzene rings is 1. The predicted octanol–water partition coefficient (Wildman–Crippen LogP) is 4.15. The van der Waals surface area contributed by atoms with Crippen LogP contribution in [0.2, 0.25) is 0 Å². The van der Waals surface area contributed by atoms with Gasteiger partial charge in [0, 0.05) is 30.8 Å². The molecule has 0 unspecified atom stereocenters. The van der Waals surface area contributed by atoms with Crippen molar-refractivity contribution in [2.45, 2.75) is 62.7 Å². The topological polar surface area (TPSA) is 114 Å². The summed E-state index contributed by atoms with van der Waals surface area (Å²) in [6, 6.07) is 4.00. The summed E-state index contributed by atoms with van der Waals surface area (Å²) in [6.45, 7) is 1.12. The van der Waals surface area contributed by atoms with Crippen LogP contribution in [0, 0.1) is 22.0 Å². The van der Waals surface area contributed by atoms with E-state index in [1.54, 1.807) is 0 Å². The number of rotatable bonds is 6. The molecule has 1 aromatic rings. The third-order valence-electron chi connectivity index (χ3n) is 6.94. The normalized spacial score (nSPS) is 25.0. The van der Waals surface area contributed by atoms with E-state index in [9.17, 15) is 18.5 Å². The lowest BCUT2D eigenvalue weighted by Crippen LogP contribution is -2.40. The van der Waals surface area contributed by atoms with Crippen LogP contribution >= 0.6 is 0 Å². The van der Waals surface area contributed by atoms with Crippen LogP contribution in [0.25, 0.3) is 0 Å². The van der Waals surface area contributed by atoms with E-state index in [0.717, 1.165) is 31.0 Å². The Morgan fingerprint density at radius 2 is 1.78 bits per heavy atom. The van der Waals surface area contributed by atoms with Gasteiger partial charge in [-0.3, -0.25) is 15.5 Å². The quantitative estimate of drug-likeness (QED) is 0.500. The first-order valence-corrected chi connectivity index (χ1v) is 13.1. The molecule has 1 N–H and O–H groups in total. The summed E-state index contributed by atoms with van der Waals surface area (Å²) in [7, 11) is -3.81. The number of hydrazone groups is 1. The molecule has 0 radical (unpaired) electrons. The van der Waals surface area contributed by atoms with Crippen LogP contribution in [0.5, 0.6) is 0 Å². The van der Waals surface area contributed by atoms with E-state index in [1.807, 2.05) is 0 Å². The van der Waals surface area contributed by atoms with Crippen LogP contribution in [-0.2, 0) is 14.8 Å². The van der Waals surface area contributed by atoms with Crippen molar-refractivity contribution in [1.82, 2.24) is 4.31 Å². The maximum Gasteiger partial charge on any atom is 0.295 e. The highest BCUT2D eigenvalue weighted by molar-refractivity contribution is 7.89. The molecule has 32 heavy (non-hydrogen) atoms. The predicted molar refractivity (Wildman–Crippen MR) is 122 cm³/mol. The van der Waals surface area contributed by atoms with Crippen LogP contribution < -0.4 is 5.43 Å². The zero-order valence-electron chi connectivity index (χ0n) is 18.4. The summed E-state index contributed by atoms with van der Waals surface area (Å²) in [6.07, 6.45) is 10.6. The van der Waals surface area contributed by atoms with E-state index in [0.29, 0.717) is 25.0 Å². The lowest BCUT2D eigenvalue weighted by molar-refractivity contribution is -0.384. The van der Waals surface area contributed by atoms with Gasteiger partial charge < -0.3 is 4.74 Å². The van der Waals surface area contributed by atoms with Gasteiger partial charge in [-0.25, -0.2) is 8.42 Å². The molecule has 4 rings (SSSR count). The second kappa shape index (κ2) is 10.3. The summed E-state index contributed by atoms with van der Waals surface area (Å²) in [5.41, 5.74) is 3.94. The molecule has 1 atom stereocenters. The van der Waals surface area contributed by atoms with Gasteiger partial charge in [0.25, 0.3) is 5.69 Å². The number of nitro groups is 1. The number of nitrogens with one attached hydrogen (secondary N) is 1. The van der Waals surface area contributed by atoms with Crippen molar-refractivity contribution < 1.29 is 18.1 Å². The summed E-state index contributed by atoms with van der Waals surface area (Å²) in [5, 5.41) is 16.3. The van der Waals surface area contributed by atoms with Gasteiger partial charge in [0.1, 0.15) is 5.69 Å². The minimum atomic E-state index is -3.81. The number of ether oxygens (including phenoxy) is 1. The number of nitrogens with zero attached hydrogens (tertiary/aromatic N) is 3. The van der Waals surface area contributed by atoms with Gasteiger partial charge in [0.05, 0.1) is 23.0 Å². The molecule has 3 fully saturated rings. The molecular formula is C22H32N4O5S. The first-order valence-electron chi connectivity index (χ1n) is 11.7. The molecule has 3 aliphatic rings. The molecule has 9 nitrogen and oxygen atoms in total. The Kier molecular flexibility index (Phi) is 7.42. The third-order valence-corrected chi connectivity index (χ3v) is 8.83. The van der Waals surface area contributed by atoms with Gasteiger partial charge in [0.15, 0.2) is 0 Å². The van der Waals surface area contributed by atoms with Crippen LogP contribution in [0.15, 0.2) is 28.2 Å². The summed E-state index contributed by atoms with van der Waals surface area (Å²) >= 11 is 0. The zero-order chi connectivity index (χ0) is 22.6. The third kappa shape index (κ3) is 5.13. The smallest absolute Gasteiger partial charge is 0.295 e. The first kappa shape index (κ1) is 23.1. The van der Waals surface area contributed by atoms with E-state index < -0.39 is 14.9 Å². The van der Waals surface area contributed by atoms with Crippen LogP contribution in [0.1, 0.15) is 57.8 Å². The molecule has 0 bridgehead atoms. The number of sulfonamides is 1. The van der Waals surface area contributed by atoms with Crippen LogP contribution in [0.4, 0.5) is 11.4 Å². The monoisotopic (exact) mass is 464 g/mol. The zero-order valence-corrected chi connectivity index (χ0v) is 19.2. The minimum Gasteiger partial charge on any atom is -0.379 e. The van der Waals surface area contributed by atoms with Crippen molar-refractivity contribution in [2.24, 2.45) is 16.9 Å². The average Bonchev–Trinajstić information content (AvgIpc) is 2.84. The van der Waals surface area contributed by atoms with E-state index in [-0.39, 0.29) is 29.4 Å². The highest BCUT2D eigenvalue weighted by atomic mass is 32.2. The molecule has 0 spiro atoms. The molecule has 0 amide bonds. The number of anilines is 1. The fourth-order valence-corrected chi connectivity index (χ4v) is 6.62. The second-order valence-corrected chi connectivity index (χ2v) is 10.9. The molecule has 1 aromatic carbocycles. The number of hydrogen-bond donors (Lipinski definition) is 1. The van der Waals surface area contributed by atoms with Crippen molar-refractivity contribution in [3.05, 3.63) is 28.3 Å². The van der Waals surface area contributed by atoms with E-state index in [4.69, 9.17) is 4.74 Å². The van der Waals surface area contributed by atoms with E-state index in [2.05, 4.69) is 10.5 Å². The fourth-order valence-electron chi connectivity index (χ4n) is 5.19. The summed E-state index contributed by atoms with van der Waals surface area (Å²) < 4.78 is 32.3. The van der Waals surface area contributed by atoms with E-state index >= 15 is 0 Å². The van der Waals surface area contributed by atoms with Crippen molar-refractivity contribution in [3.63, 3.8) is 0 Å². The molecule has 1 heterocycles. The molecular weight excluding hydrogens is 432 g/mol. The van der Waals surface area contributed by atoms with Crippen molar-refractivity contribution in [3.8, 4) is 0 Å². The SMILES string of the molecule is O=[N+]([O-])c1cc(S(=O)(=O)N2CCOCC2)ccc1N/N=C1/CCCC[C@H]1C1CCCCC1. The first-order chi connectivity index (χ1) is 15.5. The Hall–Kier alpha value is -2.04. The Balaban J connectivity index is 1.56. The van der Waals surface area contributed by atoms with E-state index in [1.165, 1.54) is 55.0 Å². The molecule has 176 valence electrons. The highest BCUT2D eigenvalue weighted by Crippen LogP contribution is 2.37. The largest absolute Gasteiger partial charge is 0.379 e. The maximum atomic E-state index is 12.9. The van der Waals surface area contributed by atoms with Crippen molar-refractivity contribution in [1.29, 1.82) is 0 Å². The summed E-state index contributed by atoms with van der Waals surface area (Å²) in [5.74, 6) is 1.09. The van der Waals surface area contributed by atoms with Crippen LogP contribution in [0.3, 0.4) is 0 Å². The van der Waals surface area contributed by atoms with Crippen LogP contribution in [-0.4, -0.2) is 49.7 Å². The lowest BCUT2D eigenvalue weighted by Gasteiger charge is -2.34. The van der Waals surface area contributed by atoms with Gasteiger partial charge >= 0.3 is 0 Å². The number of nitro benzene ring substituents is 1. The minimum absolute atomic E-state index is 0.0814. The van der Waals surface area contributed by atoms with Gasteiger partial charge in [-0.1, -0.05) is 25.7 Å². The molecule has 0 aromatic heterocycles. The molecule has 1 saturated heterocycles. The standard InChI is InChI=1S/C22H32N4O5S/c27-26(28)22-16-18(32(29,30)25-12-14-31-15-13-25)10-11-21(22)24-23-20-9-5-4-8-19(20)17-6-2-1-3-7-17/h10-11,16-17,19,24H,1-9,12-15H2/b23-20-/t19-/m0/s1. The fraction of sp³-hybridized carbons (Fsp3) is 0.682. The van der Waals surface area contributed by atoms with Gasteiger partial charge in [0.2, 0.25) is 10.0 Å². The lowest BCUT2D eigenvalue weighted by atomic mass is 9.72. The van der Waals surface area contributed by atoms with Crippen molar-refractivity contribution >= 4 is 27.1 Å². The molecule has 2 aliphatic carbocycles. The second-order valence-electron chi connectivity index (χ2n) is 8.92. The van der Waals surface area contributed by atoms with Gasteiger partial charge in [-0.15, -0.1) is 0 Å². The highest BCUT2D eigenvalue weighted by Gasteiger charge is 2.31. The van der Waals surface area contributed by atoms with Crippen molar-refractivity contribution in [2.75, 3.05) is 31.7 Å². The number of morpholine rings is 1. The Labute approximate surface area is 189 Å². The molecule has 1 aliphatic heterocycles. The van der Waals surface area contributed by atoms with Gasteiger partial charge in [-0.05, 0) is 50.2 Å².